The molecule has 3 rings (SSSR count). The monoisotopic (exact) mass is 432 g/mol. The van der Waals surface area contributed by atoms with Gasteiger partial charge in [0, 0.05) is 6.42 Å². The Morgan fingerprint density at radius 2 is 1.10 bits per heavy atom. The Morgan fingerprint density at radius 3 is 1.61 bits per heavy atom. The Bertz CT molecular complexity index is 477. The molecule has 0 radical (unpaired) electrons. The van der Waals surface area contributed by atoms with Crippen LogP contribution in [0.4, 0.5) is 0 Å². The molecule has 0 bridgehead atoms. The number of carbonyl (C=O) groups excluding carboxylic acids is 1. The van der Waals surface area contributed by atoms with Gasteiger partial charge in [0.15, 0.2) is 0 Å². The maximum Gasteiger partial charge on any atom is 0.306 e. The number of rotatable bonds is 11. The maximum atomic E-state index is 11.8. The highest BCUT2D eigenvalue weighted by atomic mass is 16.5. The van der Waals surface area contributed by atoms with Crippen molar-refractivity contribution in [2.45, 2.75) is 148 Å². The molecule has 0 aromatic carbocycles. The van der Waals surface area contributed by atoms with Gasteiger partial charge in [0.2, 0.25) is 0 Å². The third-order valence-corrected chi connectivity index (χ3v) is 9.19. The van der Waals surface area contributed by atoms with Crippen molar-refractivity contribution in [1.29, 1.82) is 0 Å². The number of ether oxygens (including phenoxy) is 1. The molecule has 0 amide bonds. The molecule has 3 fully saturated rings. The topological polar surface area (TPSA) is 26.3 Å². The fourth-order valence-electron chi connectivity index (χ4n) is 7.04. The van der Waals surface area contributed by atoms with Crippen molar-refractivity contribution >= 4 is 5.97 Å². The fraction of sp³-hybridized carbons (Fsp3) is 0.966. The Kier molecular flexibility index (Phi) is 11.2. The molecular weight excluding hydrogens is 380 g/mol. The van der Waals surface area contributed by atoms with Crippen LogP contribution in [0.5, 0.6) is 0 Å². The van der Waals surface area contributed by atoms with Crippen LogP contribution in [0.1, 0.15) is 142 Å². The van der Waals surface area contributed by atoms with Crippen LogP contribution in [0.15, 0.2) is 0 Å². The summed E-state index contributed by atoms with van der Waals surface area (Å²) in [5.74, 6) is 5.02. The first-order valence-electron chi connectivity index (χ1n) is 14.4. The van der Waals surface area contributed by atoms with Crippen LogP contribution >= 0.6 is 0 Å². The Morgan fingerprint density at radius 1 is 0.613 bits per heavy atom. The SMILES string of the molecule is CCCCC[C@H]1CC[C@H](CC[C@H]2CC[C@H]([C@H]3CC[C@H](OC(=O)CCC)CC3)CC2)CC1. The van der Waals surface area contributed by atoms with E-state index in [9.17, 15) is 4.79 Å². The predicted molar refractivity (Wildman–Crippen MR) is 131 cm³/mol. The standard InChI is InChI=1S/C29H52O2/c1-3-5-6-8-23-9-11-24(12-10-23)13-14-25-15-17-26(18-16-25)27-19-21-28(22-20-27)31-29(30)7-4-2/h23-28H,3-22H2,1-2H3/t23-,24-,25-,26-,27-,28-. The smallest absolute Gasteiger partial charge is 0.306 e. The van der Waals surface area contributed by atoms with Crippen molar-refractivity contribution in [3.63, 3.8) is 0 Å². The summed E-state index contributed by atoms with van der Waals surface area (Å²) < 4.78 is 5.67. The lowest BCUT2D eigenvalue weighted by molar-refractivity contribution is -0.151. The average Bonchev–Trinajstić information content (AvgIpc) is 2.80. The molecule has 0 aromatic rings. The van der Waals surface area contributed by atoms with E-state index in [0.717, 1.165) is 48.9 Å². The molecule has 2 heteroatoms. The van der Waals surface area contributed by atoms with E-state index in [1.54, 1.807) is 0 Å². The summed E-state index contributed by atoms with van der Waals surface area (Å²) in [6.45, 7) is 4.37. The van der Waals surface area contributed by atoms with Gasteiger partial charge < -0.3 is 4.74 Å². The van der Waals surface area contributed by atoms with Crippen LogP contribution in [0, 0.1) is 29.6 Å². The van der Waals surface area contributed by atoms with Crippen molar-refractivity contribution in [1.82, 2.24) is 0 Å². The molecule has 0 spiro atoms. The summed E-state index contributed by atoms with van der Waals surface area (Å²) in [7, 11) is 0. The Hall–Kier alpha value is -0.530. The third kappa shape index (κ3) is 8.73. The van der Waals surface area contributed by atoms with Gasteiger partial charge in [-0.05, 0) is 74.5 Å². The first-order valence-corrected chi connectivity index (χ1v) is 14.4. The van der Waals surface area contributed by atoms with Gasteiger partial charge in [-0.25, -0.2) is 0 Å². The zero-order chi connectivity index (χ0) is 21.9. The lowest BCUT2D eigenvalue weighted by Crippen LogP contribution is -2.29. The minimum absolute atomic E-state index is 0.0245. The molecule has 3 aliphatic rings. The molecule has 0 aromatic heterocycles. The largest absolute Gasteiger partial charge is 0.462 e. The molecular formula is C29H52O2. The molecule has 0 N–H and O–H groups in total. The van der Waals surface area contributed by atoms with E-state index >= 15 is 0 Å². The molecule has 0 aliphatic heterocycles. The molecule has 0 saturated heterocycles. The van der Waals surface area contributed by atoms with E-state index in [2.05, 4.69) is 13.8 Å². The molecule has 0 heterocycles. The van der Waals surface area contributed by atoms with E-state index in [1.165, 1.54) is 103 Å². The number of hydrogen-bond acceptors (Lipinski definition) is 2. The number of esters is 1. The van der Waals surface area contributed by atoms with E-state index in [4.69, 9.17) is 4.74 Å². The Balaban J connectivity index is 1.24. The summed E-state index contributed by atoms with van der Waals surface area (Å²) in [6.07, 6.45) is 27.4. The molecule has 0 unspecified atom stereocenters. The lowest BCUT2D eigenvalue weighted by atomic mass is 9.69. The van der Waals surface area contributed by atoms with Crippen molar-refractivity contribution in [3.8, 4) is 0 Å². The summed E-state index contributed by atoms with van der Waals surface area (Å²) >= 11 is 0. The second-order valence-electron chi connectivity index (χ2n) is 11.5. The van der Waals surface area contributed by atoms with Crippen LogP contribution in [0.2, 0.25) is 0 Å². The molecule has 3 aliphatic carbocycles. The maximum absolute atomic E-state index is 11.8. The number of hydrogen-bond donors (Lipinski definition) is 0. The lowest BCUT2D eigenvalue weighted by Gasteiger charge is -2.38. The highest BCUT2D eigenvalue weighted by Crippen LogP contribution is 2.42. The minimum atomic E-state index is 0.0245. The second kappa shape index (κ2) is 13.9. The summed E-state index contributed by atoms with van der Waals surface area (Å²) in [6, 6.07) is 0. The van der Waals surface area contributed by atoms with Gasteiger partial charge in [0.25, 0.3) is 0 Å². The first kappa shape index (κ1) is 25.1. The van der Waals surface area contributed by atoms with E-state index in [0.29, 0.717) is 6.42 Å². The second-order valence-corrected chi connectivity index (χ2v) is 11.5. The van der Waals surface area contributed by atoms with Gasteiger partial charge in [-0.15, -0.1) is 0 Å². The molecule has 180 valence electrons. The van der Waals surface area contributed by atoms with Gasteiger partial charge in [0.05, 0.1) is 0 Å². The first-order chi connectivity index (χ1) is 15.2. The summed E-state index contributed by atoms with van der Waals surface area (Å²) in [5, 5.41) is 0. The molecule has 31 heavy (non-hydrogen) atoms. The number of carbonyl (C=O) groups is 1. The minimum Gasteiger partial charge on any atom is -0.462 e. The summed E-state index contributed by atoms with van der Waals surface area (Å²) in [4.78, 5) is 11.8. The normalized spacial score (nSPS) is 34.4. The highest BCUT2D eigenvalue weighted by Gasteiger charge is 2.32. The van der Waals surface area contributed by atoms with Gasteiger partial charge in [-0.2, -0.15) is 0 Å². The van der Waals surface area contributed by atoms with Gasteiger partial charge >= 0.3 is 5.97 Å². The van der Waals surface area contributed by atoms with E-state index < -0.39 is 0 Å². The van der Waals surface area contributed by atoms with Crippen LogP contribution in [-0.2, 0) is 9.53 Å². The van der Waals surface area contributed by atoms with Crippen LogP contribution in [0.25, 0.3) is 0 Å². The summed E-state index contributed by atoms with van der Waals surface area (Å²) in [5.41, 5.74) is 0. The third-order valence-electron chi connectivity index (χ3n) is 9.19. The molecule has 2 nitrogen and oxygen atoms in total. The predicted octanol–water partition coefficient (Wildman–Crippen LogP) is 8.86. The zero-order valence-electron chi connectivity index (χ0n) is 20.9. The van der Waals surface area contributed by atoms with Crippen molar-refractivity contribution in [3.05, 3.63) is 0 Å². The molecule has 0 atom stereocenters. The highest BCUT2D eigenvalue weighted by molar-refractivity contribution is 5.69. The van der Waals surface area contributed by atoms with E-state index in [1.807, 2.05) is 0 Å². The van der Waals surface area contributed by atoms with Crippen molar-refractivity contribution in [2.75, 3.05) is 0 Å². The van der Waals surface area contributed by atoms with Gasteiger partial charge in [0.1, 0.15) is 6.10 Å². The van der Waals surface area contributed by atoms with Crippen molar-refractivity contribution < 1.29 is 9.53 Å². The van der Waals surface area contributed by atoms with Crippen LogP contribution < -0.4 is 0 Å². The average molecular weight is 433 g/mol. The van der Waals surface area contributed by atoms with E-state index in [-0.39, 0.29) is 12.1 Å². The molecule has 3 saturated carbocycles. The van der Waals surface area contributed by atoms with Gasteiger partial charge in [-0.3, -0.25) is 4.79 Å². The van der Waals surface area contributed by atoms with Crippen LogP contribution in [0.3, 0.4) is 0 Å². The quantitative estimate of drug-likeness (QED) is 0.241. The fourth-order valence-corrected chi connectivity index (χ4v) is 7.04. The van der Waals surface area contributed by atoms with Crippen LogP contribution in [-0.4, -0.2) is 12.1 Å². The van der Waals surface area contributed by atoms with Crippen molar-refractivity contribution in [2.24, 2.45) is 29.6 Å². The Labute approximate surface area is 193 Å². The zero-order valence-corrected chi connectivity index (χ0v) is 20.9. The number of unbranched alkanes of at least 4 members (excludes halogenated alkanes) is 2. The van der Waals surface area contributed by atoms with Gasteiger partial charge in [-0.1, -0.05) is 90.9 Å².